The molecule has 0 bridgehead atoms. The number of nitrogens with zero attached hydrogens (tertiary/aromatic N) is 3. The number of aromatic nitrogens is 1. The number of carboxylic acid groups (broad SMARTS) is 1. The van der Waals surface area contributed by atoms with Gasteiger partial charge in [0.15, 0.2) is 0 Å². The van der Waals surface area contributed by atoms with Gasteiger partial charge in [0, 0.05) is 26.4 Å². The number of nitro groups is 1. The predicted octanol–water partition coefficient (Wildman–Crippen LogP) is 1.61. The van der Waals surface area contributed by atoms with Crippen LogP contribution in [0.3, 0.4) is 0 Å². The van der Waals surface area contributed by atoms with Crippen LogP contribution in [0.1, 0.15) is 6.42 Å². The van der Waals surface area contributed by atoms with Crippen molar-refractivity contribution >= 4 is 33.4 Å². The third-order valence-electron chi connectivity index (χ3n) is 3.54. The predicted molar refractivity (Wildman–Crippen MR) is 81.2 cm³/mol. The number of hydrogen-bond acceptors (Lipinski definition) is 6. The van der Waals surface area contributed by atoms with Crippen molar-refractivity contribution in [2.75, 3.05) is 25.1 Å². The number of rotatable bonds is 4. The fraction of sp³-hybridized carbons (Fsp3) is 0.500. The number of piperidine rings is 1. The summed E-state index contributed by atoms with van der Waals surface area (Å²) in [7, 11) is 1.49. The molecule has 1 fully saturated rings. The van der Waals surface area contributed by atoms with Crippen molar-refractivity contribution in [2.24, 2.45) is 0 Å². The second-order valence-electron chi connectivity index (χ2n) is 4.81. The molecule has 1 amide bonds. The minimum Gasteiger partial charge on any atom is -0.465 e. The number of hydrogen-bond donors (Lipinski definition) is 2. The first-order valence-corrected chi connectivity index (χ1v) is 7.28. The minimum atomic E-state index is -1.11. The molecule has 0 aromatic carbocycles. The molecule has 2 N–H and O–H groups in total. The van der Waals surface area contributed by atoms with Crippen LogP contribution in [-0.4, -0.2) is 53.5 Å². The van der Waals surface area contributed by atoms with E-state index in [2.05, 4.69) is 26.2 Å². The van der Waals surface area contributed by atoms with E-state index in [1.165, 1.54) is 19.5 Å². The topological polar surface area (TPSA) is 118 Å². The Balaban J connectivity index is 2.25. The number of halogens is 1. The number of nitrogens with one attached hydrogen (secondary N) is 1. The van der Waals surface area contributed by atoms with Crippen LogP contribution in [-0.2, 0) is 4.74 Å². The molecule has 0 saturated carbocycles. The highest BCUT2D eigenvalue weighted by Gasteiger charge is 2.34. The molecular formula is C12H15BrN4O5. The molecule has 1 aromatic rings. The number of amides is 1. The van der Waals surface area contributed by atoms with Gasteiger partial charge >= 0.3 is 11.8 Å². The molecule has 2 rings (SSSR count). The first-order valence-electron chi connectivity index (χ1n) is 6.49. The van der Waals surface area contributed by atoms with Gasteiger partial charge in [0.2, 0.25) is 0 Å². The first-order chi connectivity index (χ1) is 10.4. The van der Waals surface area contributed by atoms with E-state index in [1.807, 2.05) is 0 Å². The number of ether oxygens (including phenoxy) is 1. The molecular weight excluding hydrogens is 360 g/mol. The van der Waals surface area contributed by atoms with Crippen LogP contribution < -0.4 is 10.2 Å². The van der Waals surface area contributed by atoms with E-state index in [-0.39, 0.29) is 11.7 Å². The van der Waals surface area contributed by atoms with E-state index in [1.54, 1.807) is 4.90 Å². The molecule has 120 valence electrons. The summed E-state index contributed by atoms with van der Waals surface area (Å²) >= 11 is 3.29. The lowest BCUT2D eigenvalue weighted by Gasteiger charge is -2.38. The standard InChI is InChI=1S/C12H15BrN4O5/c1-22-10-6-16(3-2-8(10)15-12(18)19)11-7(13)4-14-5-9(11)17(20)21/h4-5,8,10,15H,2-3,6H2,1H3,(H,18,19). The van der Waals surface area contributed by atoms with Gasteiger partial charge < -0.3 is 20.1 Å². The molecule has 1 aliphatic heterocycles. The van der Waals surface area contributed by atoms with E-state index < -0.39 is 17.1 Å². The number of carbonyl (C=O) groups is 1. The zero-order valence-corrected chi connectivity index (χ0v) is 13.3. The average molecular weight is 375 g/mol. The second kappa shape index (κ2) is 6.88. The summed E-state index contributed by atoms with van der Waals surface area (Å²) < 4.78 is 5.84. The molecule has 1 saturated heterocycles. The maximum Gasteiger partial charge on any atom is 0.404 e. The zero-order chi connectivity index (χ0) is 16.3. The first kappa shape index (κ1) is 16.4. The van der Waals surface area contributed by atoms with E-state index in [4.69, 9.17) is 9.84 Å². The lowest BCUT2D eigenvalue weighted by atomic mass is 10.0. The van der Waals surface area contributed by atoms with Gasteiger partial charge in [0.25, 0.3) is 0 Å². The lowest BCUT2D eigenvalue weighted by Crippen LogP contribution is -2.54. The summed E-state index contributed by atoms with van der Waals surface area (Å²) in [5, 5.41) is 22.4. The molecule has 22 heavy (non-hydrogen) atoms. The van der Waals surface area contributed by atoms with Crippen LogP contribution in [0.2, 0.25) is 0 Å². The Hall–Kier alpha value is -1.94. The van der Waals surface area contributed by atoms with Crippen LogP contribution in [0.25, 0.3) is 0 Å². The molecule has 0 aliphatic carbocycles. The third-order valence-corrected chi connectivity index (χ3v) is 4.12. The van der Waals surface area contributed by atoms with E-state index in [9.17, 15) is 14.9 Å². The molecule has 10 heteroatoms. The minimum absolute atomic E-state index is 0.103. The Kier molecular flexibility index (Phi) is 5.14. The third kappa shape index (κ3) is 3.45. The van der Waals surface area contributed by atoms with Crippen molar-refractivity contribution < 1.29 is 19.6 Å². The van der Waals surface area contributed by atoms with Crippen LogP contribution >= 0.6 is 15.9 Å². The van der Waals surface area contributed by atoms with Crippen molar-refractivity contribution in [3.63, 3.8) is 0 Å². The van der Waals surface area contributed by atoms with Crippen LogP contribution in [0.15, 0.2) is 16.9 Å². The van der Waals surface area contributed by atoms with Gasteiger partial charge in [-0.05, 0) is 22.4 Å². The van der Waals surface area contributed by atoms with Gasteiger partial charge in [0.1, 0.15) is 11.9 Å². The average Bonchev–Trinajstić information content (AvgIpc) is 2.47. The van der Waals surface area contributed by atoms with Gasteiger partial charge in [0.05, 0.1) is 21.5 Å². The maximum atomic E-state index is 11.2. The van der Waals surface area contributed by atoms with Crippen LogP contribution in [0.4, 0.5) is 16.2 Å². The number of pyridine rings is 1. The van der Waals surface area contributed by atoms with Crippen molar-refractivity contribution in [1.29, 1.82) is 0 Å². The Bertz CT molecular complexity index is 585. The number of methoxy groups -OCH3 is 1. The summed E-state index contributed by atoms with van der Waals surface area (Å²) in [5.74, 6) is 0. The van der Waals surface area contributed by atoms with Gasteiger partial charge in [-0.2, -0.15) is 0 Å². The maximum absolute atomic E-state index is 11.2. The van der Waals surface area contributed by atoms with E-state index in [0.29, 0.717) is 29.7 Å². The summed E-state index contributed by atoms with van der Waals surface area (Å²) in [5.41, 5.74) is 0.324. The van der Waals surface area contributed by atoms with E-state index >= 15 is 0 Å². The Morgan fingerprint density at radius 1 is 1.64 bits per heavy atom. The molecule has 1 aromatic heterocycles. The van der Waals surface area contributed by atoms with Crippen LogP contribution in [0, 0.1) is 10.1 Å². The smallest absolute Gasteiger partial charge is 0.404 e. The molecule has 1 aliphatic rings. The Labute approximate surface area is 134 Å². The summed E-state index contributed by atoms with van der Waals surface area (Å²) in [6, 6.07) is -0.349. The van der Waals surface area contributed by atoms with Gasteiger partial charge in [-0.3, -0.25) is 15.1 Å². The van der Waals surface area contributed by atoms with Crippen molar-refractivity contribution in [3.05, 3.63) is 27.0 Å². The van der Waals surface area contributed by atoms with Gasteiger partial charge in [-0.1, -0.05) is 0 Å². The molecule has 2 unspecified atom stereocenters. The van der Waals surface area contributed by atoms with Gasteiger partial charge in [-0.15, -0.1) is 0 Å². The lowest BCUT2D eigenvalue weighted by molar-refractivity contribution is -0.384. The van der Waals surface area contributed by atoms with Crippen molar-refractivity contribution in [3.8, 4) is 0 Å². The monoisotopic (exact) mass is 374 g/mol. The highest BCUT2D eigenvalue weighted by atomic mass is 79.9. The molecule has 9 nitrogen and oxygen atoms in total. The zero-order valence-electron chi connectivity index (χ0n) is 11.7. The van der Waals surface area contributed by atoms with E-state index in [0.717, 1.165) is 0 Å². The normalized spacial score (nSPS) is 21.5. The summed E-state index contributed by atoms with van der Waals surface area (Å²) in [6.45, 7) is 0.805. The quantitative estimate of drug-likeness (QED) is 0.606. The molecule has 0 radical (unpaired) electrons. The fourth-order valence-corrected chi connectivity index (χ4v) is 3.12. The highest BCUT2D eigenvalue weighted by Crippen LogP contribution is 2.36. The SMILES string of the molecule is COC1CN(c2c(Br)cncc2[N+](=O)[O-])CCC1NC(=O)O. The largest absolute Gasteiger partial charge is 0.465 e. The second-order valence-corrected chi connectivity index (χ2v) is 5.67. The summed E-state index contributed by atoms with van der Waals surface area (Å²) in [6.07, 6.45) is 1.66. The fourth-order valence-electron chi connectivity index (χ4n) is 2.55. The molecule has 0 spiro atoms. The van der Waals surface area contributed by atoms with Crippen LogP contribution in [0.5, 0.6) is 0 Å². The van der Waals surface area contributed by atoms with Gasteiger partial charge in [-0.25, -0.2) is 4.79 Å². The van der Waals surface area contributed by atoms with Crippen molar-refractivity contribution in [1.82, 2.24) is 10.3 Å². The Morgan fingerprint density at radius 3 is 2.95 bits per heavy atom. The van der Waals surface area contributed by atoms with Crippen molar-refractivity contribution in [2.45, 2.75) is 18.6 Å². The molecule has 2 heterocycles. The Morgan fingerprint density at radius 2 is 2.36 bits per heavy atom. The number of anilines is 1. The summed E-state index contributed by atoms with van der Waals surface area (Å²) in [4.78, 5) is 27.1. The molecule has 2 atom stereocenters. The highest BCUT2D eigenvalue weighted by molar-refractivity contribution is 9.10.